The first-order valence-electron chi connectivity index (χ1n) is 8.24. The molecule has 1 aliphatic carbocycles. The van der Waals surface area contributed by atoms with Gasteiger partial charge in [0.25, 0.3) is 0 Å². The van der Waals surface area contributed by atoms with Gasteiger partial charge in [0.2, 0.25) is 5.79 Å². The Bertz CT molecular complexity index is 684. The van der Waals surface area contributed by atoms with Crippen molar-refractivity contribution in [1.29, 1.82) is 0 Å². The van der Waals surface area contributed by atoms with Gasteiger partial charge in [0, 0.05) is 33.8 Å². The van der Waals surface area contributed by atoms with Gasteiger partial charge < -0.3 is 9.47 Å². The second-order valence-electron chi connectivity index (χ2n) is 5.72. The van der Waals surface area contributed by atoms with Crippen LogP contribution in [0, 0.1) is 0 Å². The van der Waals surface area contributed by atoms with E-state index in [1.165, 1.54) is 0 Å². The average molecular weight is 375 g/mol. The Balaban J connectivity index is 2.13. The fourth-order valence-electron chi connectivity index (χ4n) is 3.12. The Morgan fingerprint density at radius 3 is 1.68 bits per heavy atom. The standard InChI is InChI=1S/C20H22O3S2/c1-24-13-11-22-20(23-12-14-25-2)17-9-5-3-7-15(17)19(21)16-8-4-6-10-18(16)20/h3-10H,11-14H2,1-2H3. The minimum Gasteiger partial charge on any atom is -0.341 e. The van der Waals surface area contributed by atoms with E-state index in [9.17, 15) is 4.79 Å². The van der Waals surface area contributed by atoms with Gasteiger partial charge in [0.15, 0.2) is 5.78 Å². The topological polar surface area (TPSA) is 35.5 Å². The molecule has 0 saturated carbocycles. The molecule has 2 aromatic carbocycles. The van der Waals surface area contributed by atoms with E-state index < -0.39 is 5.79 Å². The van der Waals surface area contributed by atoms with Crippen molar-refractivity contribution < 1.29 is 14.3 Å². The smallest absolute Gasteiger partial charge is 0.223 e. The summed E-state index contributed by atoms with van der Waals surface area (Å²) in [6, 6.07) is 15.3. The number of fused-ring (bicyclic) bond motifs is 2. The number of rotatable bonds is 8. The van der Waals surface area contributed by atoms with Crippen LogP contribution in [0.4, 0.5) is 0 Å². The van der Waals surface area contributed by atoms with Crippen LogP contribution in [-0.4, -0.2) is 43.0 Å². The Morgan fingerprint density at radius 2 is 1.24 bits per heavy atom. The highest BCUT2D eigenvalue weighted by Crippen LogP contribution is 2.43. The molecule has 0 spiro atoms. The molecule has 2 aromatic rings. The number of hydrogen-bond acceptors (Lipinski definition) is 5. The quantitative estimate of drug-likeness (QED) is 0.511. The summed E-state index contributed by atoms with van der Waals surface area (Å²) in [5, 5.41) is 0. The molecule has 0 fully saturated rings. The number of hydrogen-bond donors (Lipinski definition) is 0. The number of ketones is 1. The van der Waals surface area contributed by atoms with Crippen molar-refractivity contribution >= 4 is 29.3 Å². The molecule has 1 aliphatic rings. The van der Waals surface area contributed by atoms with E-state index in [2.05, 4.69) is 12.5 Å². The lowest BCUT2D eigenvalue weighted by molar-refractivity contribution is -0.212. The van der Waals surface area contributed by atoms with Gasteiger partial charge in [0.1, 0.15) is 0 Å². The van der Waals surface area contributed by atoms with E-state index in [0.717, 1.165) is 22.6 Å². The molecule has 0 bridgehead atoms. The highest BCUT2D eigenvalue weighted by atomic mass is 32.2. The lowest BCUT2D eigenvalue weighted by Crippen LogP contribution is -2.41. The average Bonchev–Trinajstić information content (AvgIpc) is 2.66. The second-order valence-corrected chi connectivity index (χ2v) is 7.69. The fourth-order valence-corrected chi connectivity index (χ4v) is 3.62. The first-order valence-corrected chi connectivity index (χ1v) is 11.0. The molecule has 132 valence electrons. The summed E-state index contributed by atoms with van der Waals surface area (Å²) in [5.74, 6) is 0.744. The number of thioether (sulfide) groups is 2. The molecule has 3 rings (SSSR count). The van der Waals surface area contributed by atoms with Crippen molar-refractivity contribution in [2.45, 2.75) is 5.79 Å². The first-order chi connectivity index (χ1) is 12.2. The van der Waals surface area contributed by atoms with Crippen LogP contribution in [0.1, 0.15) is 27.0 Å². The minimum absolute atomic E-state index is 0.0313. The van der Waals surface area contributed by atoms with Gasteiger partial charge in [-0.25, -0.2) is 0 Å². The van der Waals surface area contributed by atoms with Crippen LogP contribution in [0.15, 0.2) is 48.5 Å². The third-order valence-electron chi connectivity index (χ3n) is 4.24. The predicted molar refractivity (Wildman–Crippen MR) is 106 cm³/mol. The molecule has 25 heavy (non-hydrogen) atoms. The van der Waals surface area contributed by atoms with Crippen LogP contribution in [0.25, 0.3) is 0 Å². The molecule has 0 atom stereocenters. The number of ether oxygens (including phenoxy) is 2. The van der Waals surface area contributed by atoms with Crippen LogP contribution < -0.4 is 0 Å². The van der Waals surface area contributed by atoms with Gasteiger partial charge in [-0.05, 0) is 12.5 Å². The second kappa shape index (κ2) is 8.41. The molecule has 0 aliphatic heterocycles. The first kappa shape index (κ1) is 18.5. The Morgan fingerprint density at radius 1 is 0.800 bits per heavy atom. The van der Waals surface area contributed by atoms with E-state index in [-0.39, 0.29) is 5.78 Å². The van der Waals surface area contributed by atoms with Gasteiger partial charge in [-0.2, -0.15) is 23.5 Å². The lowest BCUT2D eigenvalue weighted by Gasteiger charge is -2.39. The summed E-state index contributed by atoms with van der Waals surface area (Å²) in [5.41, 5.74) is 2.94. The Hall–Kier alpha value is -1.27. The van der Waals surface area contributed by atoms with Crippen LogP contribution in [-0.2, 0) is 15.3 Å². The maximum Gasteiger partial charge on any atom is 0.223 e. The summed E-state index contributed by atoms with van der Waals surface area (Å²) < 4.78 is 12.7. The molecular weight excluding hydrogens is 352 g/mol. The van der Waals surface area contributed by atoms with Crippen molar-refractivity contribution in [3.63, 3.8) is 0 Å². The maximum atomic E-state index is 12.9. The van der Waals surface area contributed by atoms with E-state index in [4.69, 9.17) is 9.47 Å². The summed E-state index contributed by atoms with van der Waals surface area (Å²) in [4.78, 5) is 12.9. The predicted octanol–water partition coefficient (Wildman–Crippen LogP) is 4.19. The van der Waals surface area contributed by atoms with E-state index >= 15 is 0 Å². The lowest BCUT2D eigenvalue weighted by atomic mass is 9.80. The number of benzene rings is 2. The van der Waals surface area contributed by atoms with Crippen molar-refractivity contribution in [1.82, 2.24) is 0 Å². The highest BCUT2D eigenvalue weighted by Gasteiger charge is 2.45. The molecule has 0 heterocycles. The van der Waals surface area contributed by atoms with Crippen molar-refractivity contribution in [2.24, 2.45) is 0 Å². The molecule has 3 nitrogen and oxygen atoms in total. The largest absolute Gasteiger partial charge is 0.341 e. The summed E-state index contributed by atoms with van der Waals surface area (Å²) in [6.07, 6.45) is 4.10. The highest BCUT2D eigenvalue weighted by molar-refractivity contribution is 7.98. The molecule has 0 amide bonds. The van der Waals surface area contributed by atoms with Gasteiger partial charge in [-0.3, -0.25) is 4.79 Å². The number of carbonyl (C=O) groups excluding carboxylic acids is 1. The number of carbonyl (C=O) groups is 1. The molecule has 0 saturated heterocycles. The van der Waals surface area contributed by atoms with Gasteiger partial charge in [-0.15, -0.1) is 0 Å². The molecule has 0 radical (unpaired) electrons. The van der Waals surface area contributed by atoms with E-state index in [0.29, 0.717) is 24.3 Å². The zero-order valence-electron chi connectivity index (χ0n) is 14.5. The summed E-state index contributed by atoms with van der Waals surface area (Å²) >= 11 is 3.46. The molecule has 0 aromatic heterocycles. The van der Waals surface area contributed by atoms with E-state index in [1.807, 2.05) is 48.5 Å². The SMILES string of the molecule is CSCCOC1(OCCSC)c2ccccc2C(=O)c2ccccc21. The Labute approximate surface area is 157 Å². The Kier molecular flexibility index (Phi) is 6.23. The van der Waals surface area contributed by atoms with E-state index in [1.54, 1.807) is 23.5 Å². The molecule has 5 heteroatoms. The van der Waals surface area contributed by atoms with Gasteiger partial charge in [0.05, 0.1) is 13.2 Å². The zero-order valence-corrected chi connectivity index (χ0v) is 16.1. The third kappa shape index (κ3) is 3.51. The van der Waals surface area contributed by atoms with Crippen molar-refractivity contribution in [2.75, 3.05) is 37.2 Å². The van der Waals surface area contributed by atoms with Crippen LogP contribution in [0.3, 0.4) is 0 Å². The van der Waals surface area contributed by atoms with Gasteiger partial charge >= 0.3 is 0 Å². The fraction of sp³-hybridized carbons (Fsp3) is 0.350. The third-order valence-corrected chi connectivity index (χ3v) is 5.39. The van der Waals surface area contributed by atoms with Crippen LogP contribution in [0.2, 0.25) is 0 Å². The molecule has 0 unspecified atom stereocenters. The summed E-state index contributed by atoms with van der Waals surface area (Å²) in [7, 11) is 0. The molecular formula is C20H22O3S2. The van der Waals surface area contributed by atoms with Crippen molar-refractivity contribution in [3.8, 4) is 0 Å². The van der Waals surface area contributed by atoms with Gasteiger partial charge in [-0.1, -0.05) is 48.5 Å². The normalized spacial score (nSPS) is 14.9. The molecule has 0 N–H and O–H groups in total. The zero-order chi connectivity index (χ0) is 17.7. The summed E-state index contributed by atoms with van der Waals surface area (Å²) in [6.45, 7) is 1.11. The van der Waals surface area contributed by atoms with Crippen LogP contribution in [0.5, 0.6) is 0 Å². The van der Waals surface area contributed by atoms with Crippen LogP contribution >= 0.6 is 23.5 Å². The monoisotopic (exact) mass is 374 g/mol. The maximum absolute atomic E-state index is 12.9. The van der Waals surface area contributed by atoms with Crippen molar-refractivity contribution in [3.05, 3.63) is 70.8 Å². The minimum atomic E-state index is -1.02.